The second-order valence-electron chi connectivity index (χ2n) is 7.34. The van der Waals surface area contributed by atoms with Crippen LogP contribution in [0.4, 0.5) is 5.69 Å². The predicted octanol–water partition coefficient (Wildman–Crippen LogP) is 5.19. The van der Waals surface area contributed by atoms with Crippen LogP contribution in [0.3, 0.4) is 0 Å². The molecule has 0 spiro atoms. The summed E-state index contributed by atoms with van der Waals surface area (Å²) in [6.45, 7) is 12.6. The normalized spacial score (nSPS) is 18.1. The molecular weight excluding hydrogens is 281 g/mol. The molecule has 2 radical (unpaired) electrons. The Morgan fingerprint density at radius 2 is 1.83 bits per heavy atom. The summed E-state index contributed by atoms with van der Waals surface area (Å²) in [6, 6.07) is 6.37. The van der Waals surface area contributed by atoms with Crippen molar-refractivity contribution in [3.05, 3.63) is 29.3 Å². The molecule has 0 aliphatic carbocycles. The topological polar surface area (TPSA) is 23.5 Å². The molecule has 0 heterocycles. The zero-order chi connectivity index (χ0) is 17.8. The Morgan fingerprint density at radius 1 is 1.22 bits per heavy atom. The van der Waals surface area contributed by atoms with Gasteiger partial charge in [-0.25, -0.2) is 0 Å². The second-order valence-corrected chi connectivity index (χ2v) is 7.34. The predicted molar refractivity (Wildman–Crippen MR) is 103 cm³/mol. The summed E-state index contributed by atoms with van der Waals surface area (Å²) in [4.78, 5) is 1.98. The molecule has 0 aromatic heterocycles. The summed E-state index contributed by atoms with van der Waals surface area (Å²) in [7, 11) is 8.62. The van der Waals surface area contributed by atoms with E-state index in [0.717, 1.165) is 24.9 Å². The Morgan fingerprint density at radius 3 is 2.30 bits per heavy atom. The highest BCUT2D eigenvalue weighted by molar-refractivity contribution is 6.15. The van der Waals surface area contributed by atoms with Crippen molar-refractivity contribution in [1.29, 1.82) is 0 Å². The van der Waals surface area contributed by atoms with E-state index in [-0.39, 0.29) is 5.31 Å². The molecule has 3 heteroatoms. The zero-order valence-corrected chi connectivity index (χ0v) is 16.1. The Labute approximate surface area is 144 Å². The zero-order valence-electron chi connectivity index (χ0n) is 16.1. The number of hydrogen-bond acceptors (Lipinski definition) is 2. The van der Waals surface area contributed by atoms with Gasteiger partial charge in [0.25, 0.3) is 0 Å². The molecule has 3 unspecified atom stereocenters. The van der Waals surface area contributed by atoms with Gasteiger partial charge in [-0.1, -0.05) is 58.0 Å². The van der Waals surface area contributed by atoms with Gasteiger partial charge < -0.3 is 10.0 Å². The van der Waals surface area contributed by atoms with Gasteiger partial charge in [0.05, 0.1) is 7.85 Å². The van der Waals surface area contributed by atoms with Crippen LogP contribution in [0, 0.1) is 6.92 Å². The summed E-state index contributed by atoms with van der Waals surface area (Å²) < 4.78 is 0. The van der Waals surface area contributed by atoms with Gasteiger partial charge in [-0.2, -0.15) is 0 Å². The van der Waals surface area contributed by atoms with Crippen LogP contribution in [0.5, 0.6) is 0 Å². The lowest BCUT2D eigenvalue weighted by Gasteiger charge is -2.39. The maximum absolute atomic E-state index is 10.6. The quantitative estimate of drug-likeness (QED) is 0.527. The maximum atomic E-state index is 10.6. The molecule has 1 aromatic rings. The molecule has 1 N–H and O–H groups in total. The van der Waals surface area contributed by atoms with E-state index in [1.807, 2.05) is 25.8 Å². The fourth-order valence-corrected chi connectivity index (χ4v) is 3.63. The Balaban J connectivity index is 3.32. The number of rotatable bonds is 8. The van der Waals surface area contributed by atoms with Crippen molar-refractivity contribution in [2.24, 2.45) is 0 Å². The van der Waals surface area contributed by atoms with Crippen molar-refractivity contribution >= 4 is 13.5 Å². The third-order valence-corrected chi connectivity index (χ3v) is 5.47. The highest BCUT2D eigenvalue weighted by Gasteiger charge is 2.31. The molecule has 128 valence electrons. The highest BCUT2D eigenvalue weighted by atomic mass is 16.3. The minimum absolute atomic E-state index is 0.210. The van der Waals surface area contributed by atoms with Crippen LogP contribution in [-0.4, -0.2) is 25.7 Å². The monoisotopic (exact) mass is 315 g/mol. The minimum atomic E-state index is -0.847. The molecule has 0 saturated heterocycles. The first-order valence-corrected chi connectivity index (χ1v) is 8.96. The van der Waals surface area contributed by atoms with Gasteiger partial charge in [0.2, 0.25) is 0 Å². The maximum Gasteiger partial charge on any atom is 0.134 e. The lowest BCUT2D eigenvalue weighted by atomic mass is 9.56. The average molecular weight is 315 g/mol. The highest BCUT2D eigenvalue weighted by Crippen LogP contribution is 2.47. The van der Waals surface area contributed by atoms with Gasteiger partial charge in [0.15, 0.2) is 0 Å². The van der Waals surface area contributed by atoms with Crippen molar-refractivity contribution in [2.45, 2.75) is 84.2 Å². The molecule has 0 aliphatic rings. The lowest BCUT2D eigenvalue weighted by Crippen LogP contribution is -2.43. The van der Waals surface area contributed by atoms with Gasteiger partial charge in [-0.05, 0) is 49.8 Å². The average Bonchev–Trinajstić information content (AvgIpc) is 2.48. The van der Waals surface area contributed by atoms with E-state index < -0.39 is 5.72 Å². The van der Waals surface area contributed by atoms with E-state index in [1.54, 1.807) is 0 Å². The molecule has 3 atom stereocenters. The van der Waals surface area contributed by atoms with E-state index >= 15 is 0 Å². The van der Waals surface area contributed by atoms with E-state index in [2.05, 4.69) is 45.9 Å². The molecule has 2 nitrogen and oxygen atoms in total. The number of aliphatic hydroxyl groups is 1. The van der Waals surface area contributed by atoms with E-state index in [0.29, 0.717) is 12.3 Å². The Bertz CT molecular complexity index is 510. The number of benzene rings is 1. The van der Waals surface area contributed by atoms with Crippen molar-refractivity contribution < 1.29 is 5.11 Å². The number of hydrogen-bond donors (Lipinski definition) is 1. The molecule has 0 fully saturated rings. The van der Waals surface area contributed by atoms with Gasteiger partial charge in [-0.3, -0.25) is 0 Å². The first-order valence-electron chi connectivity index (χ1n) is 8.96. The summed E-state index contributed by atoms with van der Waals surface area (Å²) in [5.41, 5.74) is 2.77. The van der Waals surface area contributed by atoms with Gasteiger partial charge in [0.1, 0.15) is 5.72 Å². The SMILES string of the molecule is [B]C(C)(CCC)C(CC)c1cccc(N(C)C(C)(O)CC)c1C. The van der Waals surface area contributed by atoms with Crippen LogP contribution >= 0.6 is 0 Å². The van der Waals surface area contributed by atoms with Crippen molar-refractivity contribution in [1.82, 2.24) is 0 Å². The smallest absolute Gasteiger partial charge is 0.134 e. The van der Waals surface area contributed by atoms with Crippen molar-refractivity contribution in [3.63, 3.8) is 0 Å². The van der Waals surface area contributed by atoms with Gasteiger partial charge in [-0.15, -0.1) is 0 Å². The first kappa shape index (κ1) is 20.1. The van der Waals surface area contributed by atoms with Crippen molar-refractivity contribution in [3.8, 4) is 0 Å². The molecule has 23 heavy (non-hydrogen) atoms. The standard InChI is InChI=1S/C20H34BNO/c1-8-14-19(5,21)17(9-2)16-12-11-13-18(15(16)4)22(7)20(6,23)10-3/h11-13,17,23H,8-10,14H2,1-7H3. The van der Waals surface area contributed by atoms with Crippen molar-refractivity contribution in [2.75, 3.05) is 11.9 Å². The second kappa shape index (κ2) is 7.74. The minimum Gasteiger partial charge on any atom is -0.371 e. The molecule has 1 aromatic carbocycles. The molecule has 0 bridgehead atoms. The summed E-state index contributed by atoms with van der Waals surface area (Å²) in [5.74, 6) is 0.322. The number of nitrogens with zero attached hydrogens (tertiary/aromatic N) is 1. The molecule has 0 aliphatic heterocycles. The van der Waals surface area contributed by atoms with E-state index in [9.17, 15) is 5.11 Å². The van der Waals surface area contributed by atoms with Crippen LogP contribution < -0.4 is 4.90 Å². The lowest BCUT2D eigenvalue weighted by molar-refractivity contribution is 0.0570. The Hall–Kier alpha value is -0.955. The number of anilines is 1. The largest absolute Gasteiger partial charge is 0.371 e. The van der Waals surface area contributed by atoms with Gasteiger partial charge in [0, 0.05) is 12.7 Å². The first-order chi connectivity index (χ1) is 10.6. The third-order valence-electron chi connectivity index (χ3n) is 5.47. The van der Waals surface area contributed by atoms with Crippen LogP contribution in [0.2, 0.25) is 5.31 Å². The van der Waals surface area contributed by atoms with Crippen LogP contribution in [0.15, 0.2) is 18.2 Å². The fourth-order valence-electron chi connectivity index (χ4n) is 3.63. The summed E-state index contributed by atoms with van der Waals surface area (Å²) in [5, 5.41) is 10.4. The van der Waals surface area contributed by atoms with E-state index in [1.165, 1.54) is 11.1 Å². The summed E-state index contributed by atoms with van der Waals surface area (Å²) >= 11 is 0. The molecule has 0 saturated carbocycles. The third kappa shape index (κ3) is 4.32. The van der Waals surface area contributed by atoms with Crippen LogP contribution in [0.25, 0.3) is 0 Å². The molecule has 1 rings (SSSR count). The fraction of sp³-hybridized carbons (Fsp3) is 0.700. The van der Waals surface area contributed by atoms with E-state index in [4.69, 9.17) is 7.85 Å². The van der Waals surface area contributed by atoms with Gasteiger partial charge >= 0.3 is 0 Å². The van der Waals surface area contributed by atoms with Crippen LogP contribution in [0.1, 0.15) is 77.3 Å². The summed E-state index contributed by atoms with van der Waals surface area (Å²) in [6.07, 6.45) is 3.80. The Kier molecular flexibility index (Phi) is 6.76. The molecular formula is C20H34BNO. The van der Waals surface area contributed by atoms with Crippen LogP contribution in [-0.2, 0) is 0 Å². The molecule has 0 amide bonds.